The maximum Gasteiger partial charge on any atom is 0.253 e. The molecule has 0 atom stereocenters. The molecule has 0 aliphatic rings. The molecule has 5 nitrogen and oxygen atoms in total. The minimum Gasteiger partial charge on any atom is -0.350 e. The molecule has 0 aliphatic carbocycles. The van der Waals surface area contributed by atoms with Gasteiger partial charge in [-0.3, -0.25) is 14.6 Å². The molecule has 0 spiro atoms. The van der Waals surface area contributed by atoms with Crippen molar-refractivity contribution in [1.82, 2.24) is 15.6 Å². The van der Waals surface area contributed by atoms with Gasteiger partial charge in [0.1, 0.15) is 5.82 Å². The van der Waals surface area contributed by atoms with E-state index in [1.807, 2.05) is 42.5 Å². The standard InChI is InChI=1S/C24H20FN3O2/c1-15-8-9-17(14-21(15)25)23(29)27-11-12-28-24(30)20-13-16-5-2-3-6-18(16)19-7-4-10-26-22(19)20/h2-10,13-14H,11-12H2,1H3,(H,27,29)(H,28,30). The molecular weight excluding hydrogens is 381 g/mol. The molecule has 150 valence electrons. The number of benzene rings is 3. The third-order valence-electron chi connectivity index (χ3n) is 4.99. The lowest BCUT2D eigenvalue weighted by Crippen LogP contribution is -2.34. The van der Waals surface area contributed by atoms with Crippen molar-refractivity contribution in [3.8, 4) is 0 Å². The maximum atomic E-state index is 13.6. The van der Waals surface area contributed by atoms with E-state index in [9.17, 15) is 14.0 Å². The summed E-state index contributed by atoms with van der Waals surface area (Å²) in [6.45, 7) is 2.09. The Kier molecular flexibility index (Phi) is 5.39. The molecule has 0 saturated heterocycles. The zero-order valence-corrected chi connectivity index (χ0v) is 16.4. The normalized spacial score (nSPS) is 10.9. The Morgan fingerprint density at radius 3 is 2.43 bits per heavy atom. The fourth-order valence-corrected chi connectivity index (χ4v) is 3.39. The molecule has 0 unspecified atom stereocenters. The molecule has 0 bridgehead atoms. The van der Waals surface area contributed by atoms with Crippen LogP contribution in [0.1, 0.15) is 26.3 Å². The predicted molar refractivity (Wildman–Crippen MR) is 115 cm³/mol. The molecule has 0 saturated carbocycles. The van der Waals surface area contributed by atoms with Gasteiger partial charge in [0, 0.05) is 30.2 Å². The van der Waals surface area contributed by atoms with Crippen molar-refractivity contribution < 1.29 is 14.0 Å². The number of hydrogen-bond donors (Lipinski definition) is 2. The van der Waals surface area contributed by atoms with Crippen LogP contribution >= 0.6 is 0 Å². The summed E-state index contributed by atoms with van der Waals surface area (Å²) in [7, 11) is 0. The van der Waals surface area contributed by atoms with Crippen molar-refractivity contribution >= 4 is 33.5 Å². The summed E-state index contributed by atoms with van der Waals surface area (Å²) < 4.78 is 13.6. The van der Waals surface area contributed by atoms with Crippen molar-refractivity contribution in [2.75, 3.05) is 13.1 Å². The number of rotatable bonds is 5. The first kappa shape index (κ1) is 19.5. The van der Waals surface area contributed by atoms with Gasteiger partial charge in [0.25, 0.3) is 11.8 Å². The van der Waals surface area contributed by atoms with E-state index in [4.69, 9.17) is 0 Å². The molecule has 1 aromatic heterocycles. The Hall–Kier alpha value is -3.80. The van der Waals surface area contributed by atoms with E-state index in [0.717, 1.165) is 16.2 Å². The molecule has 2 N–H and O–H groups in total. The van der Waals surface area contributed by atoms with Gasteiger partial charge in [-0.2, -0.15) is 0 Å². The van der Waals surface area contributed by atoms with Gasteiger partial charge < -0.3 is 10.6 Å². The van der Waals surface area contributed by atoms with Crippen LogP contribution in [-0.2, 0) is 0 Å². The number of carbonyl (C=O) groups excluding carboxylic acids is 2. The summed E-state index contributed by atoms with van der Waals surface area (Å²) in [5, 5.41) is 8.40. The van der Waals surface area contributed by atoms with E-state index in [0.29, 0.717) is 16.6 Å². The SMILES string of the molecule is Cc1ccc(C(=O)NCCNC(=O)c2cc3ccccc3c3cccnc23)cc1F. The number of amides is 2. The van der Waals surface area contributed by atoms with Crippen molar-refractivity contribution in [3.63, 3.8) is 0 Å². The van der Waals surface area contributed by atoms with E-state index in [1.165, 1.54) is 6.07 Å². The van der Waals surface area contributed by atoms with Crippen molar-refractivity contribution in [1.29, 1.82) is 0 Å². The number of aromatic nitrogens is 1. The average molecular weight is 401 g/mol. The van der Waals surface area contributed by atoms with E-state index in [-0.39, 0.29) is 30.5 Å². The van der Waals surface area contributed by atoms with Crippen LogP contribution in [0.3, 0.4) is 0 Å². The number of carbonyl (C=O) groups is 2. The summed E-state index contributed by atoms with van der Waals surface area (Å²) in [6, 6.07) is 17.8. The quantitative estimate of drug-likeness (QED) is 0.392. The number of fused-ring (bicyclic) bond motifs is 3. The van der Waals surface area contributed by atoms with Crippen LogP contribution in [-0.4, -0.2) is 29.9 Å². The van der Waals surface area contributed by atoms with Crippen LogP contribution in [0.15, 0.2) is 66.9 Å². The molecular formula is C24H20FN3O2. The lowest BCUT2D eigenvalue weighted by Gasteiger charge is -2.11. The maximum absolute atomic E-state index is 13.6. The highest BCUT2D eigenvalue weighted by atomic mass is 19.1. The molecule has 0 aliphatic heterocycles. The highest BCUT2D eigenvalue weighted by molar-refractivity contribution is 6.15. The minimum atomic E-state index is -0.424. The highest BCUT2D eigenvalue weighted by Gasteiger charge is 2.14. The number of pyridine rings is 1. The summed E-state index contributed by atoms with van der Waals surface area (Å²) >= 11 is 0. The van der Waals surface area contributed by atoms with Gasteiger partial charge in [-0.05, 0) is 47.5 Å². The average Bonchev–Trinajstić information content (AvgIpc) is 2.77. The van der Waals surface area contributed by atoms with Gasteiger partial charge in [0.05, 0.1) is 11.1 Å². The second-order valence-electron chi connectivity index (χ2n) is 7.02. The van der Waals surface area contributed by atoms with E-state index in [1.54, 1.807) is 25.3 Å². The molecule has 6 heteroatoms. The fourth-order valence-electron chi connectivity index (χ4n) is 3.39. The Morgan fingerprint density at radius 2 is 1.63 bits per heavy atom. The predicted octanol–water partition coefficient (Wildman–Crippen LogP) is 4.00. The van der Waals surface area contributed by atoms with Gasteiger partial charge in [-0.15, -0.1) is 0 Å². The van der Waals surface area contributed by atoms with E-state index >= 15 is 0 Å². The van der Waals surface area contributed by atoms with Crippen LogP contribution in [0.5, 0.6) is 0 Å². The number of aryl methyl sites for hydroxylation is 1. The molecule has 0 radical (unpaired) electrons. The van der Waals surface area contributed by atoms with Crippen LogP contribution in [0.4, 0.5) is 4.39 Å². The number of hydrogen-bond acceptors (Lipinski definition) is 3. The summed E-state index contributed by atoms with van der Waals surface area (Å²) in [6.07, 6.45) is 1.66. The monoisotopic (exact) mass is 401 g/mol. The Bertz CT molecular complexity index is 1270. The third kappa shape index (κ3) is 3.85. The van der Waals surface area contributed by atoms with Crippen molar-refractivity contribution in [3.05, 3.63) is 89.4 Å². The smallest absolute Gasteiger partial charge is 0.253 e. The van der Waals surface area contributed by atoms with Crippen LogP contribution in [0, 0.1) is 12.7 Å². The molecule has 3 aromatic carbocycles. The lowest BCUT2D eigenvalue weighted by atomic mass is 10.0. The van der Waals surface area contributed by atoms with Crippen LogP contribution in [0.25, 0.3) is 21.7 Å². The number of nitrogens with one attached hydrogen (secondary N) is 2. The first-order valence-electron chi connectivity index (χ1n) is 9.63. The number of halogens is 1. The molecule has 0 fully saturated rings. The Morgan fingerprint density at radius 1 is 0.900 bits per heavy atom. The van der Waals surface area contributed by atoms with Crippen LogP contribution in [0.2, 0.25) is 0 Å². The summed E-state index contributed by atoms with van der Waals surface area (Å²) in [4.78, 5) is 29.3. The van der Waals surface area contributed by atoms with Crippen molar-refractivity contribution in [2.45, 2.75) is 6.92 Å². The Balaban J connectivity index is 1.44. The topological polar surface area (TPSA) is 71.1 Å². The molecule has 1 heterocycles. The van der Waals surface area contributed by atoms with Crippen molar-refractivity contribution in [2.24, 2.45) is 0 Å². The highest BCUT2D eigenvalue weighted by Crippen LogP contribution is 2.27. The van der Waals surface area contributed by atoms with Gasteiger partial charge in [-0.25, -0.2) is 4.39 Å². The van der Waals surface area contributed by atoms with Crippen LogP contribution < -0.4 is 10.6 Å². The molecule has 4 aromatic rings. The summed E-state index contributed by atoms with van der Waals surface area (Å²) in [5.74, 6) is -1.08. The Labute approximate surface area is 172 Å². The third-order valence-corrected chi connectivity index (χ3v) is 4.99. The fraction of sp³-hybridized carbons (Fsp3) is 0.125. The zero-order chi connectivity index (χ0) is 21.1. The first-order valence-corrected chi connectivity index (χ1v) is 9.63. The molecule has 30 heavy (non-hydrogen) atoms. The molecule has 4 rings (SSSR count). The van der Waals surface area contributed by atoms with Gasteiger partial charge in [-0.1, -0.05) is 36.4 Å². The largest absolute Gasteiger partial charge is 0.350 e. The number of nitrogens with zero attached hydrogens (tertiary/aromatic N) is 1. The minimum absolute atomic E-state index is 0.221. The summed E-state index contributed by atoms with van der Waals surface area (Å²) in [5.41, 5.74) is 1.84. The van der Waals surface area contributed by atoms with Gasteiger partial charge in [0.2, 0.25) is 0 Å². The first-order chi connectivity index (χ1) is 14.5. The van der Waals surface area contributed by atoms with Gasteiger partial charge in [0.15, 0.2) is 0 Å². The van der Waals surface area contributed by atoms with Gasteiger partial charge >= 0.3 is 0 Å². The zero-order valence-electron chi connectivity index (χ0n) is 16.4. The van der Waals surface area contributed by atoms with E-state index < -0.39 is 5.82 Å². The lowest BCUT2D eigenvalue weighted by molar-refractivity contribution is 0.0928. The second kappa shape index (κ2) is 8.29. The second-order valence-corrected chi connectivity index (χ2v) is 7.02. The molecule has 2 amide bonds. The van der Waals surface area contributed by atoms with E-state index in [2.05, 4.69) is 15.6 Å².